The summed E-state index contributed by atoms with van der Waals surface area (Å²) in [5.41, 5.74) is 0. The van der Waals surface area contributed by atoms with Gasteiger partial charge in [-0.25, -0.2) is 9.59 Å². The summed E-state index contributed by atoms with van der Waals surface area (Å²) in [4.78, 5) is 34.0. The van der Waals surface area contributed by atoms with E-state index in [2.05, 4.69) is 16.0 Å². The highest BCUT2D eigenvalue weighted by Gasteiger charge is 2.12. The molecule has 8 heteroatoms. The van der Waals surface area contributed by atoms with Crippen LogP contribution >= 0.6 is 0 Å². The van der Waals surface area contributed by atoms with E-state index in [1.165, 1.54) is 11.8 Å². The predicted molar refractivity (Wildman–Crippen MR) is 60.7 cm³/mol. The first-order chi connectivity index (χ1) is 7.84. The molecule has 0 rings (SSSR count). The van der Waals surface area contributed by atoms with E-state index in [9.17, 15) is 14.4 Å². The van der Waals surface area contributed by atoms with Gasteiger partial charge in [0.15, 0.2) is 0 Å². The number of hydrogen-bond donors (Lipinski definition) is 4. The number of nitrogens with zero attached hydrogens (tertiary/aromatic N) is 1. The highest BCUT2D eigenvalue weighted by Crippen LogP contribution is 1.80. The molecule has 0 spiro atoms. The van der Waals surface area contributed by atoms with Crippen molar-refractivity contribution in [3.8, 4) is 0 Å². The van der Waals surface area contributed by atoms with Gasteiger partial charge >= 0.3 is 18.0 Å². The van der Waals surface area contributed by atoms with Crippen molar-refractivity contribution in [2.45, 2.75) is 13.0 Å². The van der Waals surface area contributed by atoms with Crippen molar-refractivity contribution < 1.29 is 19.5 Å². The average molecular weight is 246 g/mol. The van der Waals surface area contributed by atoms with Gasteiger partial charge in [0, 0.05) is 27.2 Å². The van der Waals surface area contributed by atoms with Crippen LogP contribution in [0.3, 0.4) is 0 Å². The molecule has 0 fully saturated rings. The lowest BCUT2D eigenvalue weighted by molar-refractivity contribution is -0.138. The smallest absolute Gasteiger partial charge is 0.325 e. The summed E-state index contributed by atoms with van der Waals surface area (Å²) in [7, 11) is 3.20. The molecule has 1 unspecified atom stereocenters. The van der Waals surface area contributed by atoms with E-state index in [1.807, 2.05) is 0 Å². The fourth-order valence-electron chi connectivity index (χ4n) is 0.813. The van der Waals surface area contributed by atoms with Gasteiger partial charge in [0.2, 0.25) is 0 Å². The van der Waals surface area contributed by atoms with Crippen LogP contribution in [-0.2, 0) is 4.79 Å². The Kier molecular flexibility index (Phi) is 6.46. The lowest BCUT2D eigenvalue weighted by Crippen LogP contribution is -2.46. The first-order valence-electron chi connectivity index (χ1n) is 5.07. The molecular formula is C9H18N4O4. The number of urea groups is 2. The van der Waals surface area contributed by atoms with Crippen LogP contribution in [0.2, 0.25) is 0 Å². The van der Waals surface area contributed by atoms with Crippen LogP contribution in [0.15, 0.2) is 0 Å². The molecule has 1 atom stereocenters. The SMILES string of the molecule is CC(NC(=O)NCCNC(=O)N(C)C)C(=O)O. The minimum Gasteiger partial charge on any atom is -0.480 e. The third-order valence-corrected chi connectivity index (χ3v) is 1.81. The van der Waals surface area contributed by atoms with Crippen molar-refractivity contribution in [1.82, 2.24) is 20.9 Å². The van der Waals surface area contributed by atoms with E-state index < -0.39 is 18.0 Å². The molecule has 98 valence electrons. The summed E-state index contributed by atoms with van der Waals surface area (Å²) in [5.74, 6) is -1.11. The van der Waals surface area contributed by atoms with Crippen LogP contribution in [0, 0.1) is 0 Å². The van der Waals surface area contributed by atoms with Gasteiger partial charge in [-0.1, -0.05) is 0 Å². The Morgan fingerprint density at radius 1 is 1.18 bits per heavy atom. The quantitative estimate of drug-likeness (QED) is 0.468. The third-order valence-electron chi connectivity index (χ3n) is 1.81. The van der Waals surface area contributed by atoms with Crippen molar-refractivity contribution in [2.24, 2.45) is 0 Å². The molecule has 0 saturated heterocycles. The summed E-state index contributed by atoms with van der Waals surface area (Å²) >= 11 is 0. The molecule has 0 aromatic heterocycles. The Bertz CT molecular complexity index is 293. The van der Waals surface area contributed by atoms with Gasteiger partial charge in [-0.2, -0.15) is 0 Å². The summed E-state index contributed by atoms with van der Waals surface area (Å²) in [6.45, 7) is 1.85. The molecule has 0 saturated carbocycles. The number of carboxylic acids is 1. The van der Waals surface area contributed by atoms with E-state index in [0.29, 0.717) is 0 Å². The lowest BCUT2D eigenvalue weighted by Gasteiger charge is -2.13. The summed E-state index contributed by atoms with van der Waals surface area (Å²) in [6, 6.07) is -1.79. The Hall–Kier alpha value is -1.99. The van der Waals surface area contributed by atoms with E-state index in [1.54, 1.807) is 14.1 Å². The molecule has 0 bridgehead atoms. The largest absolute Gasteiger partial charge is 0.480 e. The highest BCUT2D eigenvalue weighted by atomic mass is 16.4. The number of nitrogens with one attached hydrogen (secondary N) is 3. The average Bonchev–Trinajstić information content (AvgIpc) is 2.23. The zero-order valence-corrected chi connectivity index (χ0v) is 10.1. The molecule has 0 aliphatic rings. The van der Waals surface area contributed by atoms with Gasteiger partial charge in [0.05, 0.1) is 0 Å². The summed E-state index contributed by atoms with van der Waals surface area (Å²) < 4.78 is 0. The maximum atomic E-state index is 11.1. The Morgan fingerprint density at radius 3 is 2.18 bits per heavy atom. The van der Waals surface area contributed by atoms with E-state index in [-0.39, 0.29) is 19.1 Å². The van der Waals surface area contributed by atoms with Crippen LogP contribution in [-0.4, -0.2) is 61.3 Å². The van der Waals surface area contributed by atoms with Crippen molar-refractivity contribution >= 4 is 18.0 Å². The molecule has 0 aliphatic heterocycles. The van der Waals surface area contributed by atoms with Crippen LogP contribution in [0.4, 0.5) is 9.59 Å². The Balaban J connectivity index is 3.65. The zero-order chi connectivity index (χ0) is 13.4. The number of rotatable bonds is 5. The molecular weight excluding hydrogens is 228 g/mol. The number of carbonyl (C=O) groups excluding carboxylic acids is 2. The Morgan fingerprint density at radius 2 is 1.71 bits per heavy atom. The molecule has 0 radical (unpaired) electrons. The van der Waals surface area contributed by atoms with E-state index in [4.69, 9.17) is 5.11 Å². The molecule has 8 nitrogen and oxygen atoms in total. The van der Waals surface area contributed by atoms with Gasteiger partial charge in [0.25, 0.3) is 0 Å². The molecule has 0 aliphatic carbocycles. The third kappa shape index (κ3) is 6.98. The Labute approximate surface area is 99.3 Å². The molecule has 0 heterocycles. The predicted octanol–water partition coefficient (Wildman–Crippen LogP) is -0.970. The van der Waals surface area contributed by atoms with Crippen LogP contribution < -0.4 is 16.0 Å². The fourth-order valence-corrected chi connectivity index (χ4v) is 0.813. The lowest BCUT2D eigenvalue weighted by atomic mass is 10.3. The second-order valence-corrected chi connectivity index (χ2v) is 3.59. The van der Waals surface area contributed by atoms with Gasteiger partial charge in [-0.05, 0) is 6.92 Å². The fraction of sp³-hybridized carbons (Fsp3) is 0.667. The summed E-state index contributed by atoms with van der Waals surface area (Å²) in [5, 5.41) is 15.7. The number of aliphatic carboxylic acids is 1. The van der Waals surface area contributed by atoms with Crippen molar-refractivity contribution in [1.29, 1.82) is 0 Å². The maximum Gasteiger partial charge on any atom is 0.325 e. The zero-order valence-electron chi connectivity index (χ0n) is 10.1. The van der Waals surface area contributed by atoms with Gasteiger partial charge in [-0.3, -0.25) is 4.79 Å². The van der Waals surface area contributed by atoms with Crippen molar-refractivity contribution in [2.75, 3.05) is 27.2 Å². The molecule has 17 heavy (non-hydrogen) atoms. The first-order valence-corrected chi connectivity index (χ1v) is 5.07. The number of carboxylic acid groups (broad SMARTS) is 1. The summed E-state index contributed by atoms with van der Waals surface area (Å²) in [6.07, 6.45) is 0. The monoisotopic (exact) mass is 246 g/mol. The van der Waals surface area contributed by atoms with Gasteiger partial charge < -0.3 is 26.0 Å². The van der Waals surface area contributed by atoms with Gasteiger partial charge in [-0.15, -0.1) is 0 Å². The molecule has 4 amide bonds. The highest BCUT2D eigenvalue weighted by molar-refractivity contribution is 5.82. The maximum absolute atomic E-state index is 11.1. The molecule has 0 aromatic carbocycles. The molecule has 0 aromatic rings. The second-order valence-electron chi connectivity index (χ2n) is 3.59. The number of amides is 4. The first kappa shape index (κ1) is 15.0. The minimum atomic E-state index is -1.11. The van der Waals surface area contributed by atoms with Crippen LogP contribution in [0.5, 0.6) is 0 Å². The minimum absolute atomic E-state index is 0.220. The molecule has 4 N–H and O–H groups in total. The standard InChI is InChI=1S/C9H18N4O4/c1-6(7(14)15)12-8(16)10-4-5-11-9(17)13(2)3/h6H,4-5H2,1-3H3,(H,11,17)(H,14,15)(H2,10,12,16). The topological polar surface area (TPSA) is 111 Å². The normalized spacial score (nSPS) is 11.2. The number of carbonyl (C=O) groups is 3. The second kappa shape index (κ2) is 7.31. The van der Waals surface area contributed by atoms with Crippen molar-refractivity contribution in [3.05, 3.63) is 0 Å². The van der Waals surface area contributed by atoms with Crippen LogP contribution in [0.1, 0.15) is 6.92 Å². The van der Waals surface area contributed by atoms with E-state index in [0.717, 1.165) is 0 Å². The number of hydrogen-bond acceptors (Lipinski definition) is 3. The van der Waals surface area contributed by atoms with Crippen LogP contribution in [0.25, 0.3) is 0 Å². The van der Waals surface area contributed by atoms with E-state index >= 15 is 0 Å². The van der Waals surface area contributed by atoms with Gasteiger partial charge in [0.1, 0.15) is 6.04 Å². The van der Waals surface area contributed by atoms with Crippen molar-refractivity contribution in [3.63, 3.8) is 0 Å².